The third kappa shape index (κ3) is 5.07. The molecule has 0 atom stereocenters. The van der Waals surface area contributed by atoms with E-state index >= 15 is 0 Å². The predicted octanol–water partition coefficient (Wildman–Crippen LogP) is 5.13. The van der Waals surface area contributed by atoms with Crippen molar-refractivity contribution < 1.29 is 9.21 Å². The van der Waals surface area contributed by atoms with Crippen molar-refractivity contribution in [1.82, 2.24) is 10.2 Å². The van der Waals surface area contributed by atoms with Crippen molar-refractivity contribution in [3.05, 3.63) is 57.1 Å². The zero-order valence-electron chi connectivity index (χ0n) is 13.7. The number of halogens is 1. The molecule has 1 amide bonds. The largest absolute Gasteiger partial charge is 0.407 e. The third-order valence-corrected chi connectivity index (χ3v) is 5.38. The number of carbonyl (C=O) groups is 1. The molecule has 3 aromatic rings. The Morgan fingerprint density at radius 3 is 2.64 bits per heavy atom. The molecule has 2 heterocycles. The minimum Gasteiger partial charge on any atom is -0.407 e. The van der Waals surface area contributed by atoms with Crippen molar-refractivity contribution in [2.45, 2.75) is 30.4 Å². The van der Waals surface area contributed by atoms with Crippen LogP contribution in [0, 0.1) is 0 Å². The highest BCUT2D eigenvalue weighted by atomic mass is 35.5. The fourth-order valence-electron chi connectivity index (χ4n) is 2.10. The van der Waals surface area contributed by atoms with Gasteiger partial charge in [-0.25, -0.2) is 0 Å². The third-order valence-electron chi connectivity index (χ3n) is 3.13. The van der Waals surface area contributed by atoms with Crippen LogP contribution in [-0.2, 0) is 6.42 Å². The lowest BCUT2D eigenvalue weighted by atomic mass is 10.1. The van der Waals surface area contributed by atoms with E-state index in [4.69, 9.17) is 16.0 Å². The van der Waals surface area contributed by atoms with E-state index in [2.05, 4.69) is 41.5 Å². The lowest BCUT2D eigenvalue weighted by molar-refractivity contribution is 0.102. The molecule has 0 saturated carbocycles. The summed E-state index contributed by atoms with van der Waals surface area (Å²) in [4.78, 5) is 13.7. The number of nitrogens with zero attached hydrogens (tertiary/aromatic N) is 2. The number of hydrogen-bond donors (Lipinski definition) is 1. The smallest absolute Gasteiger partial charge is 0.322 e. The normalized spacial score (nSPS) is 11.0. The van der Waals surface area contributed by atoms with Crippen LogP contribution >= 0.6 is 34.7 Å². The lowest BCUT2D eigenvalue weighted by Crippen LogP contribution is -2.10. The molecule has 25 heavy (non-hydrogen) atoms. The van der Waals surface area contributed by atoms with Gasteiger partial charge < -0.3 is 4.42 Å². The average Bonchev–Trinajstić information content (AvgIpc) is 3.18. The molecule has 0 radical (unpaired) electrons. The molecular formula is C17H16ClN3O2S2. The molecule has 0 aliphatic rings. The van der Waals surface area contributed by atoms with Gasteiger partial charge in [-0.15, -0.1) is 28.2 Å². The van der Waals surface area contributed by atoms with E-state index in [-0.39, 0.29) is 11.9 Å². The van der Waals surface area contributed by atoms with E-state index in [0.29, 0.717) is 26.8 Å². The summed E-state index contributed by atoms with van der Waals surface area (Å²) in [7, 11) is 0. The van der Waals surface area contributed by atoms with Crippen molar-refractivity contribution in [2.75, 3.05) is 5.32 Å². The van der Waals surface area contributed by atoms with Gasteiger partial charge in [-0.3, -0.25) is 10.1 Å². The second-order valence-electron chi connectivity index (χ2n) is 5.55. The Balaban J connectivity index is 1.60. The van der Waals surface area contributed by atoms with Gasteiger partial charge in [0.2, 0.25) is 5.89 Å². The van der Waals surface area contributed by atoms with Gasteiger partial charge in [0, 0.05) is 10.1 Å². The van der Waals surface area contributed by atoms with Gasteiger partial charge >= 0.3 is 6.01 Å². The molecule has 2 aromatic heterocycles. The number of nitrogens with one attached hydrogen (secondary N) is 1. The maximum atomic E-state index is 12.0. The van der Waals surface area contributed by atoms with Crippen molar-refractivity contribution in [1.29, 1.82) is 0 Å². The maximum absolute atomic E-state index is 12.0. The first-order valence-corrected chi connectivity index (χ1v) is 9.71. The van der Waals surface area contributed by atoms with Gasteiger partial charge in [-0.1, -0.05) is 42.7 Å². The molecule has 0 unspecified atom stereocenters. The van der Waals surface area contributed by atoms with Crippen LogP contribution < -0.4 is 5.32 Å². The Morgan fingerprint density at radius 1 is 1.24 bits per heavy atom. The van der Waals surface area contributed by atoms with Crippen LogP contribution in [0.3, 0.4) is 0 Å². The van der Waals surface area contributed by atoms with Crippen LogP contribution in [0.5, 0.6) is 0 Å². The molecule has 0 saturated heterocycles. The summed E-state index contributed by atoms with van der Waals surface area (Å²) in [5.74, 6) is 0.130. The van der Waals surface area contributed by atoms with Crippen molar-refractivity contribution in [3.63, 3.8) is 0 Å². The second kappa shape index (κ2) is 8.03. The van der Waals surface area contributed by atoms with Crippen LogP contribution in [0.2, 0.25) is 4.34 Å². The molecule has 0 aliphatic carbocycles. The van der Waals surface area contributed by atoms with E-state index < -0.39 is 0 Å². The number of hydrogen-bond acceptors (Lipinski definition) is 6. The number of thiophene rings is 1. The first-order valence-electron chi connectivity index (χ1n) is 7.64. The molecule has 130 valence electrons. The highest BCUT2D eigenvalue weighted by Gasteiger charge is 2.13. The molecular weight excluding hydrogens is 378 g/mol. The van der Waals surface area contributed by atoms with Crippen LogP contribution in [-0.4, -0.2) is 21.4 Å². The number of anilines is 1. The maximum Gasteiger partial charge on any atom is 0.322 e. The number of benzene rings is 1. The van der Waals surface area contributed by atoms with Crippen LogP contribution in [0.1, 0.15) is 35.0 Å². The number of thioether (sulfide) groups is 1. The molecule has 5 nitrogen and oxygen atoms in total. The van der Waals surface area contributed by atoms with Crippen LogP contribution in [0.15, 0.2) is 45.7 Å². The summed E-state index contributed by atoms with van der Waals surface area (Å²) in [6, 6.07) is 11.6. The lowest BCUT2D eigenvalue weighted by Gasteiger charge is -2.05. The monoisotopic (exact) mass is 393 g/mol. The number of carbonyl (C=O) groups excluding carboxylic acids is 1. The molecule has 3 rings (SSSR count). The SMILES string of the molecule is CC(C)Sc1ccc(Cc2nnc(NC(=O)c3ccc(Cl)s3)o2)cc1. The van der Waals surface area contributed by atoms with E-state index in [1.165, 1.54) is 16.2 Å². The van der Waals surface area contributed by atoms with Gasteiger partial charge in [-0.2, -0.15) is 0 Å². The first-order chi connectivity index (χ1) is 12.0. The van der Waals surface area contributed by atoms with E-state index in [0.717, 1.165) is 5.56 Å². The standard InChI is InChI=1S/C17H16ClN3O2S2/c1-10(2)24-12-5-3-11(4-6-12)9-15-20-21-17(23-15)19-16(22)13-7-8-14(18)25-13/h3-8,10H,9H2,1-2H3,(H,19,21,22). The Labute approximate surface area is 158 Å². The highest BCUT2D eigenvalue weighted by molar-refractivity contribution is 7.99. The van der Waals surface area contributed by atoms with Crippen LogP contribution in [0.25, 0.3) is 0 Å². The Hall–Kier alpha value is -1.83. The fourth-order valence-corrected chi connectivity index (χ4v) is 3.88. The number of rotatable bonds is 6. The molecule has 0 aliphatic heterocycles. The van der Waals surface area contributed by atoms with Crippen LogP contribution in [0.4, 0.5) is 6.01 Å². The van der Waals surface area contributed by atoms with Crippen molar-refractivity contribution >= 4 is 46.6 Å². The topological polar surface area (TPSA) is 68.0 Å². The Kier molecular flexibility index (Phi) is 5.78. The summed E-state index contributed by atoms with van der Waals surface area (Å²) in [6.45, 7) is 4.33. The van der Waals surface area contributed by atoms with Gasteiger partial charge in [0.25, 0.3) is 5.91 Å². The minimum atomic E-state index is -0.317. The predicted molar refractivity (Wildman–Crippen MR) is 102 cm³/mol. The summed E-state index contributed by atoms with van der Waals surface area (Å²) >= 11 is 8.83. The Bertz CT molecular complexity index is 859. The number of aromatic nitrogens is 2. The molecule has 1 N–H and O–H groups in total. The first kappa shape index (κ1) is 18.0. The molecule has 1 aromatic carbocycles. The fraction of sp³-hybridized carbons (Fsp3) is 0.235. The Morgan fingerprint density at radius 2 is 2.00 bits per heavy atom. The van der Waals surface area contributed by atoms with E-state index in [9.17, 15) is 4.79 Å². The quantitative estimate of drug-likeness (QED) is 0.588. The number of amides is 1. The van der Waals surface area contributed by atoms with Crippen molar-refractivity contribution in [2.24, 2.45) is 0 Å². The summed E-state index contributed by atoms with van der Waals surface area (Å²) in [5, 5.41) is 11.0. The summed E-state index contributed by atoms with van der Waals surface area (Å²) in [6.07, 6.45) is 0.514. The average molecular weight is 394 g/mol. The molecule has 0 spiro atoms. The highest BCUT2D eigenvalue weighted by Crippen LogP contribution is 2.24. The molecule has 8 heteroatoms. The summed E-state index contributed by atoms with van der Waals surface area (Å²) in [5.41, 5.74) is 1.07. The van der Waals surface area contributed by atoms with Gasteiger partial charge in [0.1, 0.15) is 0 Å². The zero-order chi connectivity index (χ0) is 17.8. The second-order valence-corrected chi connectivity index (χ2v) is 8.91. The molecule has 0 fully saturated rings. The van der Waals surface area contributed by atoms with Crippen molar-refractivity contribution in [3.8, 4) is 0 Å². The molecule has 0 bridgehead atoms. The van der Waals surface area contributed by atoms with Gasteiger partial charge in [0.15, 0.2) is 0 Å². The van der Waals surface area contributed by atoms with E-state index in [1.807, 2.05) is 23.9 Å². The van der Waals surface area contributed by atoms with Gasteiger partial charge in [0.05, 0.1) is 15.6 Å². The van der Waals surface area contributed by atoms with E-state index in [1.54, 1.807) is 12.1 Å². The minimum absolute atomic E-state index is 0.0801. The summed E-state index contributed by atoms with van der Waals surface area (Å²) < 4.78 is 6.04. The zero-order valence-corrected chi connectivity index (χ0v) is 16.0. The van der Waals surface area contributed by atoms with Gasteiger partial charge in [-0.05, 0) is 29.8 Å².